The Morgan fingerprint density at radius 2 is 2.15 bits per heavy atom. The zero-order valence-corrected chi connectivity index (χ0v) is 8.74. The lowest BCUT2D eigenvalue weighted by Crippen LogP contribution is -1.96. The van der Waals surface area contributed by atoms with Gasteiger partial charge < -0.3 is 9.79 Å². The standard InChI is InChI=1S/C6H6BrFNO3P/c7-5-3-1-2-4(9-5)6(8)13(10,11)12/h1-3,6H,(H2,10,11,12). The zero-order valence-electron chi connectivity index (χ0n) is 6.26. The minimum Gasteiger partial charge on any atom is -0.322 e. The third kappa shape index (κ3) is 2.84. The maximum atomic E-state index is 13.0. The molecule has 0 aromatic carbocycles. The fourth-order valence-corrected chi connectivity index (χ4v) is 1.57. The van der Waals surface area contributed by atoms with Crippen LogP contribution in [0.2, 0.25) is 0 Å². The summed E-state index contributed by atoms with van der Waals surface area (Å²) >= 11 is 2.97. The molecule has 0 radical (unpaired) electrons. The van der Waals surface area contributed by atoms with Gasteiger partial charge in [-0.3, -0.25) is 4.57 Å². The molecule has 13 heavy (non-hydrogen) atoms. The fourth-order valence-electron chi connectivity index (χ4n) is 0.729. The minimum atomic E-state index is -4.75. The molecule has 0 fully saturated rings. The van der Waals surface area contributed by atoms with Gasteiger partial charge in [0.05, 0.1) is 5.69 Å². The zero-order chi connectivity index (χ0) is 10.1. The van der Waals surface area contributed by atoms with E-state index in [1.54, 1.807) is 0 Å². The summed E-state index contributed by atoms with van der Waals surface area (Å²) in [4.78, 5) is 20.6. The number of alkyl halides is 1. The van der Waals surface area contributed by atoms with Gasteiger partial charge in [0.25, 0.3) is 0 Å². The van der Waals surface area contributed by atoms with Gasteiger partial charge in [-0.15, -0.1) is 0 Å². The van der Waals surface area contributed by atoms with Crippen LogP contribution >= 0.6 is 23.5 Å². The highest BCUT2D eigenvalue weighted by molar-refractivity contribution is 9.10. The first-order valence-electron chi connectivity index (χ1n) is 3.23. The van der Waals surface area contributed by atoms with E-state index in [2.05, 4.69) is 20.9 Å². The van der Waals surface area contributed by atoms with Gasteiger partial charge in [-0.2, -0.15) is 0 Å². The average molecular weight is 270 g/mol. The van der Waals surface area contributed by atoms with Crippen molar-refractivity contribution in [2.45, 2.75) is 5.91 Å². The Labute approximate surface area is 82.1 Å². The Kier molecular flexibility index (Phi) is 3.18. The van der Waals surface area contributed by atoms with Crippen molar-refractivity contribution in [3.63, 3.8) is 0 Å². The first kappa shape index (κ1) is 10.8. The average Bonchev–Trinajstić information content (AvgIpc) is 2.01. The van der Waals surface area contributed by atoms with E-state index >= 15 is 0 Å². The SMILES string of the molecule is O=P(O)(O)C(F)c1cccc(Br)n1. The molecule has 1 aromatic rings. The molecule has 0 saturated heterocycles. The summed E-state index contributed by atoms with van der Waals surface area (Å²) in [5.74, 6) is -2.36. The third-order valence-electron chi connectivity index (χ3n) is 1.28. The largest absolute Gasteiger partial charge is 0.365 e. The smallest absolute Gasteiger partial charge is 0.322 e. The molecule has 4 nitrogen and oxygen atoms in total. The quantitative estimate of drug-likeness (QED) is 0.636. The lowest BCUT2D eigenvalue weighted by Gasteiger charge is -2.08. The first-order valence-corrected chi connectivity index (χ1v) is 5.70. The van der Waals surface area contributed by atoms with Crippen LogP contribution < -0.4 is 0 Å². The molecule has 1 heterocycles. The maximum absolute atomic E-state index is 13.0. The molecule has 0 spiro atoms. The van der Waals surface area contributed by atoms with E-state index in [9.17, 15) is 8.96 Å². The Hall–Kier alpha value is -0.290. The lowest BCUT2D eigenvalue weighted by atomic mass is 10.4. The van der Waals surface area contributed by atoms with Crippen LogP contribution in [0.5, 0.6) is 0 Å². The van der Waals surface area contributed by atoms with E-state index in [1.807, 2.05) is 0 Å². The van der Waals surface area contributed by atoms with Crippen LogP contribution in [-0.2, 0) is 4.57 Å². The van der Waals surface area contributed by atoms with E-state index in [-0.39, 0.29) is 5.69 Å². The Bertz CT molecular complexity index is 355. The van der Waals surface area contributed by atoms with Gasteiger partial charge in [-0.25, -0.2) is 9.37 Å². The summed E-state index contributed by atoms with van der Waals surface area (Å²) in [6.45, 7) is 0. The molecule has 1 aromatic heterocycles. The van der Waals surface area contributed by atoms with Crippen molar-refractivity contribution in [2.24, 2.45) is 0 Å². The van der Waals surface area contributed by atoms with E-state index < -0.39 is 13.5 Å². The summed E-state index contributed by atoms with van der Waals surface area (Å²) in [6.07, 6.45) is 0. The number of pyridine rings is 1. The van der Waals surface area contributed by atoms with Crippen molar-refractivity contribution >= 4 is 23.5 Å². The summed E-state index contributed by atoms with van der Waals surface area (Å²) in [5, 5.41) is 0. The number of aromatic nitrogens is 1. The van der Waals surface area contributed by atoms with Crippen molar-refractivity contribution in [3.8, 4) is 0 Å². The summed E-state index contributed by atoms with van der Waals surface area (Å²) in [5.41, 5.74) is -0.275. The van der Waals surface area contributed by atoms with Gasteiger partial charge in [0.1, 0.15) is 4.60 Å². The van der Waals surface area contributed by atoms with Crippen LogP contribution in [0.3, 0.4) is 0 Å². The van der Waals surface area contributed by atoms with E-state index in [4.69, 9.17) is 9.79 Å². The molecular weight excluding hydrogens is 264 g/mol. The van der Waals surface area contributed by atoms with Gasteiger partial charge in [0, 0.05) is 0 Å². The molecular formula is C6H6BrFNO3P. The number of hydrogen-bond acceptors (Lipinski definition) is 2. The molecule has 0 aliphatic rings. The van der Waals surface area contributed by atoms with Crippen LogP contribution in [0, 0.1) is 0 Å². The molecule has 0 aliphatic carbocycles. The summed E-state index contributed by atoms with van der Waals surface area (Å²) in [6, 6.07) is 4.21. The predicted molar refractivity (Wildman–Crippen MR) is 47.8 cm³/mol. The highest BCUT2D eigenvalue weighted by atomic mass is 79.9. The van der Waals surface area contributed by atoms with Gasteiger partial charge in [0.2, 0.25) is 5.91 Å². The van der Waals surface area contributed by atoms with Crippen LogP contribution in [0.25, 0.3) is 0 Å². The van der Waals surface area contributed by atoms with E-state index in [0.29, 0.717) is 4.60 Å². The van der Waals surface area contributed by atoms with Crippen LogP contribution in [-0.4, -0.2) is 14.8 Å². The Morgan fingerprint density at radius 1 is 1.54 bits per heavy atom. The number of hydrogen-bond donors (Lipinski definition) is 2. The van der Waals surface area contributed by atoms with Gasteiger partial charge in [0.15, 0.2) is 0 Å². The van der Waals surface area contributed by atoms with E-state index in [1.165, 1.54) is 18.2 Å². The summed E-state index contributed by atoms with van der Waals surface area (Å²) in [7, 11) is -4.75. The molecule has 72 valence electrons. The van der Waals surface area contributed by atoms with Crippen molar-refractivity contribution < 1.29 is 18.7 Å². The predicted octanol–water partition coefficient (Wildman–Crippen LogP) is 1.99. The van der Waals surface area contributed by atoms with Crippen LogP contribution in [0.1, 0.15) is 11.6 Å². The molecule has 1 unspecified atom stereocenters. The lowest BCUT2D eigenvalue weighted by molar-refractivity contribution is 0.300. The highest BCUT2D eigenvalue weighted by Crippen LogP contribution is 2.52. The molecule has 2 N–H and O–H groups in total. The molecule has 1 rings (SSSR count). The minimum absolute atomic E-state index is 0.275. The second kappa shape index (κ2) is 3.84. The second-order valence-electron chi connectivity index (χ2n) is 2.31. The van der Waals surface area contributed by atoms with Crippen LogP contribution in [0.4, 0.5) is 4.39 Å². The normalized spacial score (nSPS) is 14.2. The van der Waals surface area contributed by atoms with Crippen molar-refractivity contribution in [1.82, 2.24) is 4.98 Å². The topological polar surface area (TPSA) is 70.4 Å². The molecule has 7 heteroatoms. The third-order valence-corrected chi connectivity index (χ3v) is 2.57. The van der Waals surface area contributed by atoms with Crippen molar-refractivity contribution in [3.05, 3.63) is 28.5 Å². The summed E-state index contributed by atoms with van der Waals surface area (Å²) < 4.78 is 23.8. The number of halogens is 2. The van der Waals surface area contributed by atoms with E-state index in [0.717, 1.165) is 0 Å². The maximum Gasteiger partial charge on any atom is 0.365 e. The Balaban J connectivity index is 3.02. The molecule has 0 bridgehead atoms. The molecule has 0 aliphatic heterocycles. The van der Waals surface area contributed by atoms with Crippen molar-refractivity contribution in [2.75, 3.05) is 0 Å². The molecule has 0 amide bonds. The monoisotopic (exact) mass is 269 g/mol. The van der Waals surface area contributed by atoms with Gasteiger partial charge >= 0.3 is 7.60 Å². The van der Waals surface area contributed by atoms with Crippen LogP contribution in [0.15, 0.2) is 22.8 Å². The molecule has 1 atom stereocenters. The number of rotatable bonds is 2. The Morgan fingerprint density at radius 3 is 2.62 bits per heavy atom. The second-order valence-corrected chi connectivity index (χ2v) is 4.75. The van der Waals surface area contributed by atoms with Gasteiger partial charge in [-0.1, -0.05) is 6.07 Å². The first-order chi connectivity index (χ1) is 5.91. The molecule has 0 saturated carbocycles. The van der Waals surface area contributed by atoms with Gasteiger partial charge in [-0.05, 0) is 28.1 Å². The van der Waals surface area contributed by atoms with Crippen molar-refractivity contribution in [1.29, 1.82) is 0 Å². The fraction of sp³-hybridized carbons (Fsp3) is 0.167. The highest BCUT2D eigenvalue weighted by Gasteiger charge is 2.31. The number of nitrogens with zero attached hydrogens (tertiary/aromatic N) is 1.